The Morgan fingerprint density at radius 3 is 2.33 bits per heavy atom. The van der Waals surface area contributed by atoms with Crippen LogP contribution in [0, 0.1) is 5.82 Å². The van der Waals surface area contributed by atoms with Gasteiger partial charge in [-0.15, -0.1) is 0 Å². The second-order valence-electron chi connectivity index (χ2n) is 4.52. The van der Waals surface area contributed by atoms with Crippen molar-refractivity contribution in [2.45, 2.75) is 0 Å². The lowest BCUT2D eigenvalue weighted by atomic mass is 10.1. The first-order valence-electron chi connectivity index (χ1n) is 6.04. The van der Waals surface area contributed by atoms with Crippen LogP contribution in [-0.4, -0.2) is 4.57 Å². The number of rotatable bonds is 1. The van der Waals surface area contributed by atoms with E-state index in [2.05, 4.69) is 0 Å². The molecule has 0 amide bonds. The Kier molecular flexibility index (Phi) is 3.35. The molecule has 21 heavy (non-hydrogen) atoms. The molecule has 1 heterocycles. The van der Waals surface area contributed by atoms with Crippen molar-refractivity contribution in [2.75, 3.05) is 5.73 Å². The third-order valence-corrected chi connectivity index (χ3v) is 3.73. The largest absolute Gasteiger partial charge is 0.385 e. The summed E-state index contributed by atoms with van der Waals surface area (Å²) in [7, 11) is 0. The number of benzene rings is 2. The minimum absolute atomic E-state index is 0.169. The van der Waals surface area contributed by atoms with Gasteiger partial charge in [0.05, 0.1) is 15.7 Å². The summed E-state index contributed by atoms with van der Waals surface area (Å²) in [6.07, 6.45) is 0. The molecule has 0 radical (unpaired) electrons. The van der Waals surface area contributed by atoms with E-state index in [0.717, 1.165) is 5.39 Å². The van der Waals surface area contributed by atoms with E-state index in [4.69, 9.17) is 28.9 Å². The van der Waals surface area contributed by atoms with Crippen LogP contribution in [0.3, 0.4) is 0 Å². The lowest BCUT2D eigenvalue weighted by Crippen LogP contribution is -2.21. The molecule has 3 rings (SSSR count). The first kappa shape index (κ1) is 13.9. The summed E-state index contributed by atoms with van der Waals surface area (Å²) in [4.78, 5) is 12.6. The van der Waals surface area contributed by atoms with Gasteiger partial charge in [-0.25, -0.2) is 4.39 Å². The zero-order chi connectivity index (χ0) is 15.1. The highest BCUT2D eigenvalue weighted by Gasteiger charge is 2.13. The van der Waals surface area contributed by atoms with Crippen molar-refractivity contribution >= 4 is 39.8 Å². The van der Waals surface area contributed by atoms with Crippen molar-refractivity contribution in [3.8, 4) is 5.69 Å². The van der Waals surface area contributed by atoms with E-state index in [1.165, 1.54) is 16.7 Å². The summed E-state index contributed by atoms with van der Waals surface area (Å²) < 4.78 is 14.7. The van der Waals surface area contributed by atoms with E-state index in [0.29, 0.717) is 11.1 Å². The van der Waals surface area contributed by atoms with Crippen LogP contribution in [0.25, 0.3) is 16.5 Å². The van der Waals surface area contributed by atoms with E-state index < -0.39 is 5.82 Å². The molecule has 0 spiro atoms. The maximum Gasteiger partial charge on any atom is 0.264 e. The van der Waals surface area contributed by atoms with Gasteiger partial charge in [-0.1, -0.05) is 41.4 Å². The van der Waals surface area contributed by atoms with Gasteiger partial charge in [-0.3, -0.25) is 9.36 Å². The summed E-state index contributed by atoms with van der Waals surface area (Å²) in [5, 5.41) is 0.896. The van der Waals surface area contributed by atoms with Crippen molar-refractivity contribution < 1.29 is 4.39 Å². The highest BCUT2D eigenvalue weighted by molar-refractivity contribution is 6.35. The first-order valence-corrected chi connectivity index (χ1v) is 6.80. The molecule has 0 atom stereocenters. The lowest BCUT2D eigenvalue weighted by Gasteiger charge is -2.12. The molecule has 1 aromatic heterocycles. The Bertz CT molecular complexity index is 898. The molecule has 6 heteroatoms. The number of hydrogen-bond acceptors (Lipinski definition) is 2. The summed E-state index contributed by atoms with van der Waals surface area (Å²) in [6.45, 7) is 0. The molecule has 0 bridgehead atoms. The number of hydrogen-bond donors (Lipinski definition) is 1. The average Bonchev–Trinajstić information content (AvgIpc) is 2.44. The summed E-state index contributed by atoms with van der Waals surface area (Å²) in [5.41, 5.74) is 5.94. The molecule has 0 aliphatic heterocycles. The quantitative estimate of drug-likeness (QED) is 0.688. The number of nitrogen functional groups attached to an aromatic ring is 1. The van der Waals surface area contributed by atoms with Gasteiger partial charge in [0, 0.05) is 5.39 Å². The van der Waals surface area contributed by atoms with Gasteiger partial charge >= 0.3 is 0 Å². The van der Waals surface area contributed by atoms with Crippen LogP contribution in [0.4, 0.5) is 10.2 Å². The van der Waals surface area contributed by atoms with Gasteiger partial charge in [-0.2, -0.15) is 0 Å². The zero-order valence-corrected chi connectivity index (χ0v) is 12.1. The summed E-state index contributed by atoms with van der Waals surface area (Å²) in [5.74, 6) is -0.507. The van der Waals surface area contributed by atoms with Gasteiger partial charge in [0.1, 0.15) is 5.82 Å². The fourth-order valence-electron chi connectivity index (χ4n) is 2.22. The maximum absolute atomic E-state index is 13.5. The summed E-state index contributed by atoms with van der Waals surface area (Å²) in [6, 6.07) is 11.4. The van der Waals surface area contributed by atoms with Crippen molar-refractivity contribution in [1.29, 1.82) is 0 Å². The lowest BCUT2D eigenvalue weighted by molar-refractivity contribution is 0.628. The minimum atomic E-state index is -0.727. The number of halogens is 3. The SMILES string of the molecule is Nc1cc2ccccc2c(=O)n1-c1cc(Cl)c(F)c(Cl)c1. The second kappa shape index (κ2) is 5.06. The second-order valence-corrected chi connectivity index (χ2v) is 5.33. The van der Waals surface area contributed by atoms with Crippen LogP contribution in [0.5, 0.6) is 0 Å². The fourth-order valence-corrected chi connectivity index (χ4v) is 2.69. The van der Waals surface area contributed by atoms with E-state index in [1.54, 1.807) is 24.3 Å². The zero-order valence-electron chi connectivity index (χ0n) is 10.6. The van der Waals surface area contributed by atoms with Gasteiger partial charge in [0.15, 0.2) is 5.82 Å². The smallest absolute Gasteiger partial charge is 0.264 e. The Morgan fingerprint density at radius 2 is 1.67 bits per heavy atom. The molecule has 0 unspecified atom stereocenters. The Morgan fingerprint density at radius 1 is 1.05 bits per heavy atom. The molecule has 0 aliphatic carbocycles. The third kappa shape index (κ3) is 2.26. The first-order chi connectivity index (χ1) is 9.99. The molecule has 2 N–H and O–H groups in total. The maximum atomic E-state index is 13.5. The van der Waals surface area contributed by atoms with Gasteiger partial charge in [0.2, 0.25) is 0 Å². The van der Waals surface area contributed by atoms with Crippen molar-refractivity contribution in [1.82, 2.24) is 4.57 Å². The Balaban J connectivity index is 2.38. The molecule has 106 valence electrons. The molecule has 0 aliphatic rings. The van der Waals surface area contributed by atoms with Gasteiger partial charge in [0.25, 0.3) is 5.56 Å². The molecule has 3 nitrogen and oxygen atoms in total. The number of aromatic nitrogens is 1. The number of fused-ring (bicyclic) bond motifs is 1. The highest BCUT2D eigenvalue weighted by atomic mass is 35.5. The van der Waals surface area contributed by atoms with Crippen LogP contribution >= 0.6 is 23.2 Å². The van der Waals surface area contributed by atoms with E-state index in [9.17, 15) is 9.18 Å². The Labute approximate surface area is 129 Å². The third-order valence-electron chi connectivity index (χ3n) is 3.18. The fraction of sp³-hybridized carbons (Fsp3) is 0. The summed E-state index contributed by atoms with van der Waals surface area (Å²) >= 11 is 11.6. The van der Waals surface area contributed by atoms with Crippen molar-refractivity contribution in [3.05, 3.63) is 68.7 Å². The van der Waals surface area contributed by atoms with Crippen molar-refractivity contribution in [2.24, 2.45) is 0 Å². The standard InChI is InChI=1S/C15H9Cl2FN2O/c16-11-6-9(7-12(17)14(11)18)20-13(19)5-8-3-1-2-4-10(8)15(20)21/h1-7H,19H2. The van der Waals surface area contributed by atoms with Gasteiger partial charge in [-0.05, 0) is 29.7 Å². The number of nitrogens with zero attached hydrogens (tertiary/aromatic N) is 1. The minimum Gasteiger partial charge on any atom is -0.385 e. The molecule has 0 fully saturated rings. The highest BCUT2D eigenvalue weighted by Crippen LogP contribution is 2.27. The number of anilines is 1. The van der Waals surface area contributed by atoms with Crippen LogP contribution in [-0.2, 0) is 0 Å². The number of nitrogens with two attached hydrogens (primary N) is 1. The van der Waals surface area contributed by atoms with Crippen LogP contribution in [0.2, 0.25) is 10.0 Å². The average molecular weight is 323 g/mol. The predicted octanol–water partition coefficient (Wildman–Crippen LogP) is 4.02. The van der Waals surface area contributed by atoms with E-state index in [1.807, 2.05) is 6.07 Å². The molecule has 0 saturated heterocycles. The predicted molar refractivity (Wildman–Crippen MR) is 83.9 cm³/mol. The Hall–Kier alpha value is -2.04. The van der Waals surface area contributed by atoms with Crippen LogP contribution < -0.4 is 11.3 Å². The molecule has 0 saturated carbocycles. The number of pyridine rings is 1. The molecular formula is C15H9Cl2FN2O. The van der Waals surface area contributed by atoms with Crippen LogP contribution in [0.1, 0.15) is 0 Å². The van der Waals surface area contributed by atoms with Crippen molar-refractivity contribution in [3.63, 3.8) is 0 Å². The van der Waals surface area contributed by atoms with Gasteiger partial charge < -0.3 is 5.73 Å². The molecule has 2 aromatic carbocycles. The topological polar surface area (TPSA) is 48.0 Å². The van der Waals surface area contributed by atoms with E-state index in [-0.39, 0.29) is 21.4 Å². The molecule has 3 aromatic rings. The van der Waals surface area contributed by atoms with Crippen LogP contribution in [0.15, 0.2) is 47.3 Å². The monoisotopic (exact) mass is 322 g/mol. The van der Waals surface area contributed by atoms with E-state index >= 15 is 0 Å². The normalized spacial score (nSPS) is 11.0. The molecular weight excluding hydrogens is 314 g/mol.